The van der Waals surface area contributed by atoms with Gasteiger partial charge in [-0.15, -0.1) is 0 Å². The lowest BCUT2D eigenvalue weighted by Crippen LogP contribution is -2.37. The second kappa shape index (κ2) is 7.51. The molecule has 1 aliphatic heterocycles. The quantitative estimate of drug-likeness (QED) is 0.502. The van der Waals surface area contributed by atoms with Crippen molar-refractivity contribution in [1.82, 2.24) is 5.43 Å². The summed E-state index contributed by atoms with van der Waals surface area (Å²) in [7, 11) is 0. The van der Waals surface area contributed by atoms with Crippen molar-refractivity contribution in [2.75, 3.05) is 18.6 Å². The fourth-order valence-electron chi connectivity index (χ4n) is 1.88. The van der Waals surface area contributed by atoms with Gasteiger partial charge in [0.15, 0.2) is 0 Å². The number of rotatable bonds is 7. The second-order valence-corrected chi connectivity index (χ2v) is 4.80. The van der Waals surface area contributed by atoms with Gasteiger partial charge < -0.3 is 4.74 Å². The van der Waals surface area contributed by atoms with E-state index in [1.165, 1.54) is 25.7 Å². The van der Waals surface area contributed by atoms with E-state index in [0.717, 1.165) is 18.8 Å². The van der Waals surface area contributed by atoms with E-state index in [0.29, 0.717) is 12.1 Å². The Morgan fingerprint density at radius 1 is 1.64 bits per heavy atom. The fraction of sp³-hybridized carbons (Fsp3) is 1.00. The maximum absolute atomic E-state index is 5.57. The van der Waals surface area contributed by atoms with Crippen molar-refractivity contribution in [3.05, 3.63) is 0 Å². The molecular formula is C10H22N2OS. The van der Waals surface area contributed by atoms with Crippen molar-refractivity contribution in [3.63, 3.8) is 0 Å². The summed E-state index contributed by atoms with van der Waals surface area (Å²) < 4.78 is 5.57. The molecule has 1 rings (SSSR count). The molecule has 4 heteroatoms. The van der Waals surface area contributed by atoms with Gasteiger partial charge in [0.25, 0.3) is 0 Å². The molecule has 2 atom stereocenters. The monoisotopic (exact) mass is 218 g/mol. The van der Waals surface area contributed by atoms with Crippen molar-refractivity contribution < 1.29 is 4.74 Å². The Balaban J connectivity index is 2.00. The van der Waals surface area contributed by atoms with Crippen molar-refractivity contribution in [2.45, 2.75) is 44.2 Å². The zero-order chi connectivity index (χ0) is 10.2. The van der Waals surface area contributed by atoms with E-state index in [-0.39, 0.29) is 0 Å². The molecule has 14 heavy (non-hydrogen) atoms. The first-order valence-corrected chi connectivity index (χ1v) is 6.83. The number of hydrazine groups is 1. The molecule has 1 heterocycles. The van der Waals surface area contributed by atoms with Crippen molar-refractivity contribution in [2.24, 2.45) is 5.84 Å². The highest BCUT2D eigenvalue weighted by atomic mass is 32.2. The van der Waals surface area contributed by atoms with Crippen molar-refractivity contribution >= 4 is 11.8 Å². The molecule has 0 aromatic heterocycles. The predicted octanol–water partition coefficient (Wildman–Crippen LogP) is 1.53. The third-order valence-electron chi connectivity index (χ3n) is 2.71. The summed E-state index contributed by atoms with van der Waals surface area (Å²) in [5.74, 6) is 6.56. The highest BCUT2D eigenvalue weighted by Gasteiger charge is 2.15. The van der Waals surface area contributed by atoms with E-state index in [2.05, 4.69) is 11.7 Å². The number of nitrogens with two attached hydrogens (primary N) is 1. The lowest BCUT2D eigenvalue weighted by atomic mass is 10.1. The summed E-state index contributed by atoms with van der Waals surface area (Å²) in [6.45, 7) is 0.966. The van der Waals surface area contributed by atoms with Gasteiger partial charge >= 0.3 is 0 Å². The first kappa shape index (κ1) is 12.3. The van der Waals surface area contributed by atoms with Crippen molar-refractivity contribution in [3.8, 4) is 0 Å². The summed E-state index contributed by atoms with van der Waals surface area (Å²) >= 11 is 1.84. The summed E-state index contributed by atoms with van der Waals surface area (Å²) in [4.78, 5) is 0. The molecule has 0 bridgehead atoms. The molecule has 0 aliphatic carbocycles. The normalized spacial score (nSPS) is 24.0. The van der Waals surface area contributed by atoms with Gasteiger partial charge in [0.1, 0.15) is 0 Å². The third kappa shape index (κ3) is 4.64. The van der Waals surface area contributed by atoms with Gasteiger partial charge in [-0.25, -0.2) is 0 Å². The highest BCUT2D eigenvalue weighted by Crippen LogP contribution is 2.18. The topological polar surface area (TPSA) is 47.3 Å². The van der Waals surface area contributed by atoms with Crippen LogP contribution in [-0.4, -0.2) is 30.8 Å². The fourth-order valence-corrected chi connectivity index (χ4v) is 2.55. The molecule has 0 radical (unpaired) electrons. The third-order valence-corrected chi connectivity index (χ3v) is 3.44. The van der Waals surface area contributed by atoms with E-state index in [9.17, 15) is 0 Å². The van der Waals surface area contributed by atoms with Crippen LogP contribution in [0.15, 0.2) is 0 Å². The molecule has 0 aromatic carbocycles. The lowest BCUT2D eigenvalue weighted by molar-refractivity contribution is 0.101. The van der Waals surface area contributed by atoms with Gasteiger partial charge in [-0.05, 0) is 38.4 Å². The molecule has 0 spiro atoms. The van der Waals surface area contributed by atoms with Crippen LogP contribution in [0.5, 0.6) is 0 Å². The first-order chi connectivity index (χ1) is 6.86. The van der Waals surface area contributed by atoms with E-state index in [1.807, 2.05) is 11.8 Å². The van der Waals surface area contributed by atoms with Gasteiger partial charge in [0, 0.05) is 18.4 Å². The van der Waals surface area contributed by atoms with Crippen LogP contribution in [0, 0.1) is 0 Å². The van der Waals surface area contributed by atoms with Gasteiger partial charge in [0.2, 0.25) is 0 Å². The van der Waals surface area contributed by atoms with E-state index < -0.39 is 0 Å². The molecule has 3 nitrogen and oxygen atoms in total. The van der Waals surface area contributed by atoms with E-state index >= 15 is 0 Å². The Morgan fingerprint density at radius 2 is 2.50 bits per heavy atom. The number of hydrogen-bond acceptors (Lipinski definition) is 4. The van der Waals surface area contributed by atoms with Gasteiger partial charge in [0.05, 0.1) is 6.10 Å². The molecule has 0 aromatic rings. The predicted molar refractivity (Wildman–Crippen MR) is 62.3 cm³/mol. The average molecular weight is 218 g/mol. The summed E-state index contributed by atoms with van der Waals surface area (Å²) in [5, 5.41) is 0. The van der Waals surface area contributed by atoms with E-state index in [4.69, 9.17) is 10.6 Å². The minimum absolute atomic E-state index is 0.464. The molecule has 1 aliphatic rings. The lowest BCUT2D eigenvalue weighted by Gasteiger charge is -2.15. The maximum atomic E-state index is 5.57. The SMILES string of the molecule is CSCC(CCCC1CCCO1)NN. The first-order valence-electron chi connectivity index (χ1n) is 5.43. The van der Waals surface area contributed by atoms with Crippen LogP contribution in [0.25, 0.3) is 0 Å². The van der Waals surface area contributed by atoms with Gasteiger partial charge in [-0.2, -0.15) is 11.8 Å². The molecule has 1 saturated heterocycles. The zero-order valence-electron chi connectivity index (χ0n) is 9.00. The number of hydrogen-bond donors (Lipinski definition) is 2. The average Bonchev–Trinajstić information content (AvgIpc) is 2.69. The minimum atomic E-state index is 0.464. The Morgan fingerprint density at radius 3 is 3.07 bits per heavy atom. The molecule has 2 unspecified atom stereocenters. The smallest absolute Gasteiger partial charge is 0.0576 e. The molecule has 84 valence electrons. The van der Waals surface area contributed by atoms with Crippen LogP contribution in [0.2, 0.25) is 0 Å². The largest absolute Gasteiger partial charge is 0.378 e. The molecule has 3 N–H and O–H groups in total. The number of nitrogens with one attached hydrogen (secondary N) is 1. The van der Waals surface area contributed by atoms with Gasteiger partial charge in [-0.3, -0.25) is 11.3 Å². The van der Waals surface area contributed by atoms with Crippen LogP contribution in [0.1, 0.15) is 32.1 Å². The zero-order valence-corrected chi connectivity index (χ0v) is 9.81. The Hall–Kier alpha value is 0.230. The second-order valence-electron chi connectivity index (χ2n) is 3.88. The van der Waals surface area contributed by atoms with Crippen LogP contribution in [-0.2, 0) is 4.74 Å². The highest BCUT2D eigenvalue weighted by molar-refractivity contribution is 7.98. The maximum Gasteiger partial charge on any atom is 0.0576 e. The van der Waals surface area contributed by atoms with Crippen LogP contribution < -0.4 is 11.3 Å². The molecule has 1 fully saturated rings. The Labute approximate surface area is 91.1 Å². The number of thioether (sulfide) groups is 1. The summed E-state index contributed by atoms with van der Waals surface area (Å²) in [5.41, 5.74) is 2.87. The molecular weight excluding hydrogens is 196 g/mol. The van der Waals surface area contributed by atoms with Crippen molar-refractivity contribution in [1.29, 1.82) is 0 Å². The summed E-state index contributed by atoms with van der Waals surface area (Å²) in [6, 6.07) is 0.464. The molecule has 0 amide bonds. The molecule has 0 saturated carbocycles. The number of ether oxygens (including phenoxy) is 1. The Bertz CT molecular complexity index is 140. The van der Waals surface area contributed by atoms with Crippen LogP contribution >= 0.6 is 11.8 Å². The minimum Gasteiger partial charge on any atom is -0.378 e. The van der Waals surface area contributed by atoms with Gasteiger partial charge in [-0.1, -0.05) is 0 Å². The summed E-state index contributed by atoms with van der Waals surface area (Å²) in [6.07, 6.45) is 8.73. The standard InChI is InChI=1S/C10H22N2OS/c1-14-8-9(12-11)4-2-5-10-6-3-7-13-10/h9-10,12H,2-8,11H2,1H3. The Kier molecular flexibility index (Phi) is 6.60. The van der Waals surface area contributed by atoms with Crippen LogP contribution in [0.3, 0.4) is 0 Å². The van der Waals surface area contributed by atoms with E-state index in [1.54, 1.807) is 0 Å². The van der Waals surface area contributed by atoms with Crippen LogP contribution in [0.4, 0.5) is 0 Å².